The summed E-state index contributed by atoms with van der Waals surface area (Å²) >= 11 is 0. The second kappa shape index (κ2) is 7.19. The van der Waals surface area contributed by atoms with Crippen LogP contribution in [0.5, 0.6) is 0 Å². The van der Waals surface area contributed by atoms with Crippen molar-refractivity contribution in [2.45, 2.75) is 26.2 Å². The zero-order chi connectivity index (χ0) is 18.6. The van der Waals surface area contributed by atoms with Crippen LogP contribution in [0.3, 0.4) is 0 Å². The molecule has 0 aliphatic rings. The number of nitriles is 1. The molecule has 0 unspecified atom stereocenters. The van der Waals surface area contributed by atoms with Crippen LogP contribution in [0.2, 0.25) is 0 Å². The van der Waals surface area contributed by atoms with Gasteiger partial charge in [-0.1, -0.05) is 51.1 Å². The van der Waals surface area contributed by atoms with Crippen molar-refractivity contribution in [3.8, 4) is 6.07 Å². The summed E-state index contributed by atoms with van der Waals surface area (Å²) in [4.78, 5) is 4.46. The topological polar surface area (TPSA) is 86.5 Å². The van der Waals surface area contributed by atoms with E-state index >= 15 is 0 Å². The zero-order valence-corrected chi connectivity index (χ0v) is 15.0. The summed E-state index contributed by atoms with van der Waals surface area (Å²) in [5.74, 6) is 0.902. The number of hydrogen-bond donors (Lipinski definition) is 2. The first-order chi connectivity index (χ1) is 12.5. The third kappa shape index (κ3) is 3.95. The van der Waals surface area contributed by atoms with E-state index in [9.17, 15) is 5.26 Å². The predicted octanol–water partition coefficient (Wildman–Crippen LogP) is 4.53. The standard InChI is InChI=1S/C20H20N6/c1-20(2,3)15-9-5-7-11-17(15)23-18-13-22-26-19(25-18)24-16-10-6-4-8-14(16)12-21/h4-11,13H,1-3H3,(H2,23,24,25,26). The lowest BCUT2D eigenvalue weighted by molar-refractivity contribution is 0.592. The molecule has 0 fully saturated rings. The highest BCUT2D eigenvalue weighted by Crippen LogP contribution is 2.30. The van der Waals surface area contributed by atoms with Crippen molar-refractivity contribution < 1.29 is 0 Å². The zero-order valence-electron chi connectivity index (χ0n) is 15.0. The van der Waals surface area contributed by atoms with E-state index in [4.69, 9.17) is 0 Å². The second-order valence-electron chi connectivity index (χ2n) is 6.87. The van der Waals surface area contributed by atoms with Crippen LogP contribution in [-0.2, 0) is 5.41 Å². The van der Waals surface area contributed by atoms with E-state index in [1.165, 1.54) is 5.56 Å². The molecule has 6 nitrogen and oxygen atoms in total. The van der Waals surface area contributed by atoms with Crippen LogP contribution >= 0.6 is 0 Å². The molecule has 1 heterocycles. The molecule has 6 heteroatoms. The summed E-state index contributed by atoms with van der Waals surface area (Å²) in [6, 6.07) is 17.4. The van der Waals surface area contributed by atoms with Gasteiger partial charge in [-0.25, -0.2) is 0 Å². The fourth-order valence-electron chi connectivity index (χ4n) is 2.61. The molecule has 0 amide bonds. The maximum absolute atomic E-state index is 9.19. The molecule has 0 spiro atoms. The first kappa shape index (κ1) is 17.4. The van der Waals surface area contributed by atoms with Gasteiger partial charge in [-0.15, -0.1) is 5.10 Å². The van der Waals surface area contributed by atoms with Crippen LogP contribution in [0, 0.1) is 11.3 Å². The number of hydrogen-bond acceptors (Lipinski definition) is 6. The Bertz CT molecular complexity index is 953. The molecule has 0 aliphatic carbocycles. The molecular formula is C20H20N6. The summed E-state index contributed by atoms with van der Waals surface area (Å²) in [5, 5.41) is 23.6. The van der Waals surface area contributed by atoms with E-state index in [1.807, 2.05) is 30.3 Å². The van der Waals surface area contributed by atoms with Crippen LogP contribution in [0.1, 0.15) is 31.9 Å². The monoisotopic (exact) mass is 344 g/mol. The third-order valence-corrected chi connectivity index (χ3v) is 3.85. The maximum Gasteiger partial charge on any atom is 0.249 e. The Morgan fingerprint density at radius 1 is 0.923 bits per heavy atom. The highest BCUT2D eigenvalue weighted by molar-refractivity contribution is 5.65. The smallest absolute Gasteiger partial charge is 0.249 e. The molecule has 0 saturated carbocycles. The van der Waals surface area contributed by atoms with E-state index in [2.05, 4.69) is 58.7 Å². The molecule has 26 heavy (non-hydrogen) atoms. The molecule has 0 aliphatic heterocycles. The van der Waals surface area contributed by atoms with Crippen LogP contribution in [-0.4, -0.2) is 15.2 Å². The SMILES string of the molecule is CC(C)(C)c1ccccc1Nc1cnnc(Nc2ccccc2C#N)n1. The number of para-hydroxylation sites is 2. The molecule has 0 saturated heterocycles. The molecule has 130 valence electrons. The van der Waals surface area contributed by atoms with Crippen LogP contribution in [0.15, 0.2) is 54.7 Å². The molecule has 3 aromatic rings. The molecule has 0 atom stereocenters. The summed E-state index contributed by atoms with van der Waals surface area (Å²) in [7, 11) is 0. The Morgan fingerprint density at radius 2 is 1.62 bits per heavy atom. The predicted molar refractivity (Wildman–Crippen MR) is 103 cm³/mol. The highest BCUT2D eigenvalue weighted by atomic mass is 15.3. The van der Waals surface area contributed by atoms with Gasteiger partial charge in [-0.3, -0.25) is 0 Å². The lowest BCUT2D eigenvalue weighted by Crippen LogP contribution is -2.14. The van der Waals surface area contributed by atoms with Gasteiger partial charge >= 0.3 is 0 Å². The number of aromatic nitrogens is 3. The van der Waals surface area contributed by atoms with Crippen LogP contribution < -0.4 is 10.6 Å². The first-order valence-electron chi connectivity index (χ1n) is 8.30. The Kier molecular flexibility index (Phi) is 4.81. The molecule has 2 aromatic carbocycles. The van der Waals surface area contributed by atoms with Crippen molar-refractivity contribution in [1.29, 1.82) is 5.26 Å². The van der Waals surface area contributed by atoms with Gasteiger partial charge in [-0.2, -0.15) is 15.3 Å². The Morgan fingerprint density at radius 3 is 2.35 bits per heavy atom. The lowest BCUT2D eigenvalue weighted by atomic mass is 9.86. The van der Waals surface area contributed by atoms with E-state index in [1.54, 1.807) is 18.3 Å². The van der Waals surface area contributed by atoms with E-state index in [0.717, 1.165) is 5.69 Å². The minimum Gasteiger partial charge on any atom is -0.339 e. The lowest BCUT2D eigenvalue weighted by Gasteiger charge is -2.23. The number of nitrogens with one attached hydrogen (secondary N) is 2. The van der Waals surface area contributed by atoms with Crippen molar-refractivity contribution in [3.05, 3.63) is 65.9 Å². The van der Waals surface area contributed by atoms with Gasteiger partial charge in [0.25, 0.3) is 0 Å². The van der Waals surface area contributed by atoms with Gasteiger partial charge < -0.3 is 10.6 Å². The first-order valence-corrected chi connectivity index (χ1v) is 8.30. The Balaban J connectivity index is 1.86. The van der Waals surface area contributed by atoms with E-state index < -0.39 is 0 Å². The van der Waals surface area contributed by atoms with Gasteiger partial charge in [0.1, 0.15) is 6.07 Å². The number of benzene rings is 2. The van der Waals surface area contributed by atoms with Crippen molar-refractivity contribution >= 4 is 23.1 Å². The minimum atomic E-state index is -0.00311. The average Bonchev–Trinajstić information content (AvgIpc) is 2.62. The molecule has 2 N–H and O–H groups in total. The van der Waals surface area contributed by atoms with Gasteiger partial charge in [0, 0.05) is 5.69 Å². The van der Waals surface area contributed by atoms with Crippen molar-refractivity contribution in [3.63, 3.8) is 0 Å². The summed E-state index contributed by atoms with van der Waals surface area (Å²) in [6.45, 7) is 6.49. The second-order valence-corrected chi connectivity index (χ2v) is 6.87. The van der Waals surface area contributed by atoms with Crippen molar-refractivity contribution in [1.82, 2.24) is 15.2 Å². The van der Waals surface area contributed by atoms with E-state index in [-0.39, 0.29) is 5.41 Å². The maximum atomic E-state index is 9.19. The molecular weight excluding hydrogens is 324 g/mol. The molecule has 1 aromatic heterocycles. The van der Waals surface area contributed by atoms with Gasteiger partial charge in [0.05, 0.1) is 17.4 Å². The Labute approximate surface area is 152 Å². The summed E-state index contributed by atoms with van der Waals surface area (Å²) in [5.41, 5.74) is 3.32. The highest BCUT2D eigenvalue weighted by Gasteiger charge is 2.17. The van der Waals surface area contributed by atoms with Gasteiger partial charge in [-0.05, 0) is 29.2 Å². The van der Waals surface area contributed by atoms with E-state index in [0.29, 0.717) is 23.0 Å². The average molecular weight is 344 g/mol. The minimum absolute atomic E-state index is 0.00311. The van der Waals surface area contributed by atoms with Crippen molar-refractivity contribution in [2.24, 2.45) is 0 Å². The van der Waals surface area contributed by atoms with Crippen LogP contribution in [0.4, 0.5) is 23.1 Å². The number of nitrogens with zero attached hydrogens (tertiary/aromatic N) is 4. The van der Waals surface area contributed by atoms with Gasteiger partial charge in [0.15, 0.2) is 5.82 Å². The fraction of sp³-hybridized carbons (Fsp3) is 0.200. The quantitative estimate of drug-likeness (QED) is 0.723. The number of rotatable bonds is 4. The van der Waals surface area contributed by atoms with Crippen LogP contribution in [0.25, 0.3) is 0 Å². The molecule has 0 radical (unpaired) electrons. The summed E-state index contributed by atoms with van der Waals surface area (Å²) < 4.78 is 0. The Hall–Kier alpha value is -3.46. The third-order valence-electron chi connectivity index (χ3n) is 3.85. The van der Waals surface area contributed by atoms with Gasteiger partial charge in [0.2, 0.25) is 5.95 Å². The summed E-state index contributed by atoms with van der Waals surface area (Å²) in [6.07, 6.45) is 1.57. The van der Waals surface area contributed by atoms with Crippen molar-refractivity contribution in [2.75, 3.05) is 10.6 Å². The normalized spacial score (nSPS) is 10.8. The fourth-order valence-corrected chi connectivity index (χ4v) is 2.61. The molecule has 0 bridgehead atoms. The molecule has 3 rings (SSSR count). The number of anilines is 4. The largest absolute Gasteiger partial charge is 0.339 e.